The number of aromatic nitrogens is 4. The van der Waals surface area contributed by atoms with Crippen molar-refractivity contribution in [1.29, 1.82) is 0 Å². The molecule has 3 heterocycles. The molecule has 1 aromatic carbocycles. The Hall–Kier alpha value is -2.10. The van der Waals surface area contributed by atoms with Crippen LogP contribution in [0.15, 0.2) is 47.1 Å². The van der Waals surface area contributed by atoms with Crippen LogP contribution in [-0.4, -0.2) is 40.2 Å². The van der Waals surface area contributed by atoms with Crippen LogP contribution in [0.25, 0.3) is 11.2 Å². The molecule has 0 aliphatic carbocycles. The van der Waals surface area contributed by atoms with Crippen molar-refractivity contribution < 1.29 is 17.9 Å². The number of ether oxygens (including phenoxy) is 2. The molecule has 32 heavy (non-hydrogen) atoms. The SMILES string of the molecule is CCNS(=O)(=O)CCCn1c(SC2=COC(c3ccccc3I)O2)nc2c(N)ncnc21. The van der Waals surface area contributed by atoms with Crippen molar-refractivity contribution >= 4 is 61.4 Å². The topological polar surface area (TPSA) is 134 Å². The average Bonchev–Trinajstić information content (AvgIpc) is 3.34. The number of aryl methyl sites for hydroxylation is 1. The lowest BCUT2D eigenvalue weighted by Crippen LogP contribution is -2.26. The number of nitrogens with zero attached hydrogens (tertiary/aromatic N) is 4. The largest absolute Gasteiger partial charge is 0.454 e. The lowest BCUT2D eigenvalue weighted by Gasteiger charge is -2.13. The summed E-state index contributed by atoms with van der Waals surface area (Å²) in [6.45, 7) is 2.48. The van der Waals surface area contributed by atoms with E-state index in [0.29, 0.717) is 40.9 Å². The Kier molecular flexibility index (Phi) is 7.07. The predicted octanol–water partition coefficient (Wildman–Crippen LogP) is 2.98. The Bertz CT molecular complexity index is 1260. The van der Waals surface area contributed by atoms with Crippen LogP contribution in [0.5, 0.6) is 0 Å². The summed E-state index contributed by atoms with van der Waals surface area (Å²) < 4.78 is 41.0. The summed E-state index contributed by atoms with van der Waals surface area (Å²) in [5.74, 6) is 0.243. The van der Waals surface area contributed by atoms with E-state index in [-0.39, 0.29) is 11.6 Å². The molecular weight excluding hydrogens is 567 g/mol. The number of benzene rings is 1. The van der Waals surface area contributed by atoms with Crippen molar-refractivity contribution in [3.8, 4) is 0 Å². The van der Waals surface area contributed by atoms with Crippen molar-refractivity contribution in [1.82, 2.24) is 24.2 Å². The summed E-state index contributed by atoms with van der Waals surface area (Å²) in [7, 11) is -3.33. The van der Waals surface area contributed by atoms with E-state index in [2.05, 4.69) is 42.3 Å². The number of halogens is 1. The van der Waals surface area contributed by atoms with Gasteiger partial charge in [0.2, 0.25) is 15.1 Å². The minimum Gasteiger partial charge on any atom is -0.454 e. The van der Waals surface area contributed by atoms with Crippen LogP contribution in [-0.2, 0) is 26.0 Å². The molecule has 0 bridgehead atoms. The summed E-state index contributed by atoms with van der Waals surface area (Å²) in [5.41, 5.74) is 7.91. The quantitative estimate of drug-likeness (QED) is 0.362. The molecule has 0 saturated heterocycles. The smallest absolute Gasteiger partial charge is 0.268 e. The highest BCUT2D eigenvalue weighted by molar-refractivity contribution is 14.1. The molecule has 13 heteroatoms. The Balaban J connectivity index is 1.54. The van der Waals surface area contributed by atoms with E-state index >= 15 is 0 Å². The number of thioether (sulfide) groups is 1. The third-order valence-electron chi connectivity index (χ3n) is 4.55. The fourth-order valence-corrected chi connectivity index (χ4v) is 5.72. The van der Waals surface area contributed by atoms with Gasteiger partial charge >= 0.3 is 0 Å². The highest BCUT2D eigenvalue weighted by Crippen LogP contribution is 2.39. The maximum Gasteiger partial charge on any atom is 0.268 e. The zero-order valence-corrected chi connectivity index (χ0v) is 20.9. The van der Waals surface area contributed by atoms with Gasteiger partial charge in [-0.15, -0.1) is 0 Å². The minimum atomic E-state index is -3.33. The summed E-state index contributed by atoms with van der Waals surface area (Å²) in [6.07, 6.45) is 2.74. The van der Waals surface area contributed by atoms with E-state index < -0.39 is 16.3 Å². The number of anilines is 1. The van der Waals surface area contributed by atoms with Crippen molar-refractivity contribution in [2.45, 2.75) is 31.3 Å². The number of hydrogen-bond acceptors (Lipinski definition) is 9. The molecule has 0 spiro atoms. The molecule has 170 valence electrons. The lowest BCUT2D eigenvalue weighted by atomic mass is 10.2. The monoisotopic (exact) mass is 588 g/mol. The van der Waals surface area contributed by atoms with Crippen molar-refractivity contribution in [2.75, 3.05) is 18.0 Å². The molecule has 0 saturated carbocycles. The number of imidazole rings is 1. The zero-order chi connectivity index (χ0) is 22.7. The van der Waals surface area contributed by atoms with Gasteiger partial charge in [-0.1, -0.05) is 25.1 Å². The summed E-state index contributed by atoms with van der Waals surface area (Å²) in [5, 5.41) is 1.09. The van der Waals surface area contributed by atoms with Crippen LogP contribution in [0.2, 0.25) is 0 Å². The van der Waals surface area contributed by atoms with Gasteiger partial charge in [-0.25, -0.2) is 28.1 Å². The minimum absolute atomic E-state index is 0.0119. The fourth-order valence-electron chi connectivity index (χ4n) is 3.14. The number of rotatable bonds is 9. The van der Waals surface area contributed by atoms with Crippen molar-refractivity contribution in [3.05, 3.63) is 51.1 Å². The first-order chi connectivity index (χ1) is 15.4. The first kappa shape index (κ1) is 23.1. The predicted molar refractivity (Wildman–Crippen MR) is 130 cm³/mol. The van der Waals surface area contributed by atoms with Gasteiger partial charge in [-0.2, -0.15) is 0 Å². The van der Waals surface area contributed by atoms with Crippen LogP contribution < -0.4 is 10.5 Å². The molecule has 2 aromatic heterocycles. The van der Waals surface area contributed by atoms with Gasteiger partial charge in [-0.3, -0.25) is 0 Å². The second-order valence-corrected chi connectivity index (χ2v) is 10.9. The van der Waals surface area contributed by atoms with Crippen molar-refractivity contribution in [2.24, 2.45) is 0 Å². The molecule has 1 atom stereocenters. The van der Waals surface area contributed by atoms with Crippen molar-refractivity contribution in [3.63, 3.8) is 0 Å². The molecule has 1 aliphatic rings. The molecule has 10 nitrogen and oxygen atoms in total. The molecule has 1 aliphatic heterocycles. The Morgan fingerprint density at radius 2 is 2.12 bits per heavy atom. The first-order valence-corrected chi connectivity index (χ1v) is 13.3. The van der Waals surface area contributed by atoms with E-state index in [4.69, 9.17) is 15.2 Å². The Morgan fingerprint density at radius 3 is 2.91 bits per heavy atom. The maximum absolute atomic E-state index is 12.0. The summed E-state index contributed by atoms with van der Waals surface area (Å²) in [6, 6.07) is 7.81. The number of hydrogen-bond donors (Lipinski definition) is 2. The highest BCUT2D eigenvalue weighted by atomic mass is 127. The van der Waals surface area contributed by atoms with E-state index in [0.717, 1.165) is 9.13 Å². The number of nitrogens with two attached hydrogens (primary N) is 1. The number of fused-ring (bicyclic) bond motifs is 1. The second-order valence-electron chi connectivity index (χ2n) is 6.79. The van der Waals surface area contributed by atoms with Gasteiger partial charge in [0, 0.05) is 22.2 Å². The van der Waals surface area contributed by atoms with Gasteiger partial charge in [0.15, 0.2) is 22.1 Å². The van der Waals surface area contributed by atoms with Gasteiger partial charge in [0.25, 0.3) is 6.29 Å². The molecule has 0 fully saturated rings. The fraction of sp³-hybridized carbons (Fsp3) is 0.316. The Morgan fingerprint density at radius 1 is 1.31 bits per heavy atom. The van der Waals surface area contributed by atoms with Gasteiger partial charge in [0.05, 0.1) is 5.75 Å². The molecule has 1 unspecified atom stereocenters. The van der Waals surface area contributed by atoms with Crippen LogP contribution in [0.3, 0.4) is 0 Å². The average molecular weight is 588 g/mol. The number of sulfonamides is 1. The molecule has 3 N–H and O–H groups in total. The third-order valence-corrected chi connectivity index (χ3v) is 7.97. The van der Waals surface area contributed by atoms with Crippen LogP contribution >= 0.6 is 34.4 Å². The number of nitrogen functional groups attached to an aromatic ring is 1. The molecule has 0 radical (unpaired) electrons. The van der Waals surface area contributed by atoms with Crippen LogP contribution in [0.4, 0.5) is 5.82 Å². The van der Waals surface area contributed by atoms with Crippen LogP contribution in [0, 0.1) is 3.57 Å². The first-order valence-electron chi connectivity index (χ1n) is 9.76. The van der Waals surface area contributed by atoms with E-state index in [1.54, 1.807) is 13.2 Å². The molecule has 4 rings (SSSR count). The van der Waals surface area contributed by atoms with Gasteiger partial charge in [0.1, 0.15) is 12.6 Å². The number of nitrogens with one attached hydrogen (secondary N) is 1. The second kappa shape index (κ2) is 9.80. The van der Waals surface area contributed by atoms with Gasteiger partial charge < -0.3 is 19.8 Å². The molecule has 0 amide bonds. The standard InChI is InChI=1S/C19H21IN6O4S2/c1-2-24-32(27,28)9-5-8-26-17-15(16(21)22-11-23-17)25-19(26)31-14-10-29-18(30-14)12-6-3-4-7-13(12)20/h3-4,6-7,10-11,18,24H,2,5,8-9H2,1H3,(H2,21,22,23). The lowest BCUT2D eigenvalue weighted by molar-refractivity contribution is -0.0279. The normalized spacial score (nSPS) is 16.1. The highest BCUT2D eigenvalue weighted by Gasteiger charge is 2.26. The summed E-state index contributed by atoms with van der Waals surface area (Å²) in [4.78, 5) is 12.9. The van der Waals surface area contributed by atoms with Gasteiger partial charge in [-0.05, 0) is 46.8 Å². The Labute approximate surface area is 203 Å². The van der Waals surface area contributed by atoms with E-state index in [1.807, 2.05) is 28.8 Å². The maximum atomic E-state index is 12.0. The zero-order valence-electron chi connectivity index (χ0n) is 17.1. The van der Waals surface area contributed by atoms with E-state index in [1.165, 1.54) is 18.1 Å². The summed E-state index contributed by atoms with van der Waals surface area (Å²) >= 11 is 3.50. The molecule has 3 aromatic rings. The third kappa shape index (κ3) is 5.10. The van der Waals surface area contributed by atoms with Crippen LogP contribution in [0.1, 0.15) is 25.2 Å². The van der Waals surface area contributed by atoms with E-state index in [9.17, 15) is 8.42 Å². The molecular formula is C19H21IN6O4S2.